The Hall–Kier alpha value is -1.62. The standard InChI is InChI=1S/C17H21ClFNO3/c1-17(2,3)23-16(22)20-8-4-5-12(20)10-15(21)11-6-7-14(19)13(18)9-11/h6-7,9,12H,4-5,8,10H2,1-3H3. The predicted octanol–water partition coefficient (Wildman–Crippen LogP) is 4.45. The lowest BCUT2D eigenvalue weighted by molar-refractivity contribution is 0.0223. The molecule has 1 saturated heterocycles. The molecule has 1 unspecified atom stereocenters. The minimum atomic E-state index is -0.571. The van der Waals surface area contributed by atoms with Crippen LogP contribution in [0.5, 0.6) is 0 Å². The number of hydrogen-bond donors (Lipinski definition) is 0. The highest BCUT2D eigenvalue weighted by atomic mass is 35.5. The van der Waals surface area contributed by atoms with Crippen molar-refractivity contribution in [3.63, 3.8) is 0 Å². The van der Waals surface area contributed by atoms with Crippen molar-refractivity contribution >= 4 is 23.5 Å². The molecule has 23 heavy (non-hydrogen) atoms. The summed E-state index contributed by atoms with van der Waals surface area (Å²) in [4.78, 5) is 26.2. The second kappa shape index (κ2) is 6.87. The molecule has 0 N–H and O–H groups in total. The van der Waals surface area contributed by atoms with Gasteiger partial charge in [-0.05, 0) is 51.8 Å². The highest BCUT2D eigenvalue weighted by Gasteiger charge is 2.33. The smallest absolute Gasteiger partial charge is 0.410 e. The van der Waals surface area contributed by atoms with Crippen LogP contribution in [0.25, 0.3) is 0 Å². The van der Waals surface area contributed by atoms with E-state index in [1.807, 2.05) is 20.8 Å². The fourth-order valence-electron chi connectivity index (χ4n) is 2.61. The van der Waals surface area contributed by atoms with E-state index in [0.29, 0.717) is 12.1 Å². The number of rotatable bonds is 3. The molecule has 6 heteroatoms. The summed E-state index contributed by atoms with van der Waals surface area (Å²) >= 11 is 5.71. The zero-order valence-corrected chi connectivity index (χ0v) is 14.3. The van der Waals surface area contributed by atoms with E-state index >= 15 is 0 Å². The van der Waals surface area contributed by atoms with Crippen molar-refractivity contribution in [2.24, 2.45) is 0 Å². The molecule has 1 aliphatic heterocycles. The average molecular weight is 342 g/mol. The van der Waals surface area contributed by atoms with Crippen LogP contribution in [0.4, 0.5) is 9.18 Å². The molecule has 0 spiro atoms. The monoisotopic (exact) mass is 341 g/mol. The number of ether oxygens (including phenoxy) is 1. The topological polar surface area (TPSA) is 46.6 Å². The normalized spacial score (nSPS) is 18.1. The van der Waals surface area contributed by atoms with E-state index in [4.69, 9.17) is 16.3 Å². The summed E-state index contributed by atoms with van der Waals surface area (Å²) in [7, 11) is 0. The lowest BCUT2D eigenvalue weighted by Crippen LogP contribution is -2.40. The molecule has 0 aromatic heterocycles. The summed E-state index contributed by atoms with van der Waals surface area (Å²) in [5.41, 5.74) is -0.217. The van der Waals surface area contributed by atoms with E-state index in [1.54, 1.807) is 4.90 Å². The maximum absolute atomic E-state index is 13.2. The Labute approximate surface area is 140 Å². The maximum Gasteiger partial charge on any atom is 0.410 e. The second-order valence-corrected chi connectivity index (χ2v) is 7.13. The predicted molar refractivity (Wildman–Crippen MR) is 86.3 cm³/mol. The summed E-state index contributed by atoms with van der Waals surface area (Å²) in [6.07, 6.45) is 1.37. The van der Waals surface area contributed by atoms with Crippen LogP contribution in [0.15, 0.2) is 18.2 Å². The van der Waals surface area contributed by atoms with Crippen LogP contribution in [0.2, 0.25) is 5.02 Å². The first kappa shape index (κ1) is 17.7. The van der Waals surface area contributed by atoms with Gasteiger partial charge in [0, 0.05) is 24.6 Å². The first-order chi connectivity index (χ1) is 10.7. The molecule has 1 aliphatic rings. The van der Waals surface area contributed by atoms with Crippen molar-refractivity contribution in [3.05, 3.63) is 34.6 Å². The fraction of sp³-hybridized carbons (Fsp3) is 0.529. The van der Waals surface area contributed by atoms with Crippen LogP contribution in [0.1, 0.15) is 50.4 Å². The maximum atomic E-state index is 13.2. The number of nitrogens with zero attached hydrogens (tertiary/aromatic N) is 1. The number of carbonyl (C=O) groups is 2. The Morgan fingerprint density at radius 1 is 1.39 bits per heavy atom. The molecule has 1 heterocycles. The molecular formula is C17H21ClFNO3. The number of ketones is 1. The van der Waals surface area contributed by atoms with Crippen LogP contribution in [0, 0.1) is 5.82 Å². The quantitative estimate of drug-likeness (QED) is 0.763. The lowest BCUT2D eigenvalue weighted by Gasteiger charge is -2.28. The number of likely N-dealkylation sites (tertiary alicyclic amines) is 1. The molecule has 0 aliphatic carbocycles. The Bertz CT molecular complexity index is 612. The second-order valence-electron chi connectivity index (χ2n) is 6.73. The van der Waals surface area contributed by atoms with Gasteiger partial charge in [-0.2, -0.15) is 0 Å². The van der Waals surface area contributed by atoms with E-state index in [-0.39, 0.29) is 23.3 Å². The van der Waals surface area contributed by atoms with Gasteiger partial charge in [-0.25, -0.2) is 9.18 Å². The van der Waals surface area contributed by atoms with Gasteiger partial charge in [0.25, 0.3) is 0 Å². The molecule has 2 rings (SSSR count). The SMILES string of the molecule is CC(C)(C)OC(=O)N1CCCC1CC(=O)c1ccc(F)c(Cl)c1. The van der Waals surface area contributed by atoms with Gasteiger partial charge in [0.15, 0.2) is 5.78 Å². The molecule has 0 saturated carbocycles. The van der Waals surface area contributed by atoms with Gasteiger partial charge in [0.1, 0.15) is 11.4 Å². The van der Waals surface area contributed by atoms with Crippen LogP contribution in [0.3, 0.4) is 0 Å². The minimum absolute atomic E-state index is 0.0775. The average Bonchev–Trinajstić information content (AvgIpc) is 2.88. The highest BCUT2D eigenvalue weighted by Crippen LogP contribution is 2.25. The number of halogens is 2. The summed E-state index contributed by atoms with van der Waals surface area (Å²) in [5, 5.41) is -0.0775. The number of benzene rings is 1. The summed E-state index contributed by atoms with van der Waals surface area (Å²) in [5.74, 6) is -0.716. The van der Waals surface area contributed by atoms with Crippen LogP contribution in [-0.4, -0.2) is 35.0 Å². The lowest BCUT2D eigenvalue weighted by atomic mass is 10.0. The van der Waals surface area contributed by atoms with E-state index in [0.717, 1.165) is 12.8 Å². The van der Waals surface area contributed by atoms with E-state index in [2.05, 4.69) is 0 Å². The zero-order valence-electron chi connectivity index (χ0n) is 13.6. The Balaban J connectivity index is 2.04. The highest BCUT2D eigenvalue weighted by molar-refractivity contribution is 6.31. The van der Waals surface area contributed by atoms with E-state index in [1.165, 1.54) is 18.2 Å². The fourth-order valence-corrected chi connectivity index (χ4v) is 2.79. The molecule has 0 bridgehead atoms. The number of hydrogen-bond acceptors (Lipinski definition) is 3. The molecule has 1 fully saturated rings. The summed E-state index contributed by atoms with van der Waals surface area (Å²) in [6, 6.07) is 3.72. The van der Waals surface area contributed by atoms with Gasteiger partial charge in [0.05, 0.1) is 5.02 Å². The number of Topliss-reactive ketones (excluding diaryl/α,β-unsaturated/α-hetero) is 1. The van der Waals surface area contributed by atoms with Crippen LogP contribution < -0.4 is 0 Å². The van der Waals surface area contributed by atoms with Crippen molar-refractivity contribution in [2.75, 3.05) is 6.54 Å². The van der Waals surface area contributed by atoms with Gasteiger partial charge in [-0.3, -0.25) is 4.79 Å². The summed E-state index contributed by atoms with van der Waals surface area (Å²) < 4.78 is 18.6. The molecule has 1 aromatic rings. The van der Waals surface area contributed by atoms with Crippen LogP contribution >= 0.6 is 11.6 Å². The van der Waals surface area contributed by atoms with Crippen molar-refractivity contribution in [3.8, 4) is 0 Å². The molecule has 126 valence electrons. The van der Waals surface area contributed by atoms with Crippen molar-refractivity contribution in [2.45, 2.75) is 51.7 Å². The third-order valence-electron chi connectivity index (χ3n) is 3.67. The first-order valence-electron chi connectivity index (χ1n) is 7.65. The Morgan fingerprint density at radius 2 is 2.09 bits per heavy atom. The van der Waals surface area contributed by atoms with Crippen molar-refractivity contribution < 1.29 is 18.7 Å². The van der Waals surface area contributed by atoms with E-state index in [9.17, 15) is 14.0 Å². The summed E-state index contributed by atoms with van der Waals surface area (Å²) in [6.45, 7) is 6.00. The van der Waals surface area contributed by atoms with Crippen molar-refractivity contribution in [1.29, 1.82) is 0 Å². The molecule has 1 amide bonds. The van der Waals surface area contributed by atoms with E-state index < -0.39 is 17.5 Å². The molecular weight excluding hydrogens is 321 g/mol. The van der Waals surface area contributed by atoms with Gasteiger partial charge in [0.2, 0.25) is 0 Å². The number of amides is 1. The first-order valence-corrected chi connectivity index (χ1v) is 8.03. The van der Waals surface area contributed by atoms with Gasteiger partial charge in [-0.1, -0.05) is 11.6 Å². The Morgan fingerprint density at radius 3 is 2.70 bits per heavy atom. The Kier molecular flexibility index (Phi) is 5.30. The molecule has 0 radical (unpaired) electrons. The third-order valence-corrected chi connectivity index (χ3v) is 3.96. The van der Waals surface area contributed by atoms with Gasteiger partial charge >= 0.3 is 6.09 Å². The zero-order chi connectivity index (χ0) is 17.2. The van der Waals surface area contributed by atoms with Gasteiger partial charge in [-0.15, -0.1) is 0 Å². The third kappa shape index (κ3) is 4.67. The molecule has 1 aromatic carbocycles. The number of carbonyl (C=O) groups excluding carboxylic acids is 2. The van der Waals surface area contributed by atoms with Crippen LogP contribution in [-0.2, 0) is 4.74 Å². The molecule has 4 nitrogen and oxygen atoms in total. The minimum Gasteiger partial charge on any atom is -0.444 e. The van der Waals surface area contributed by atoms with Crippen molar-refractivity contribution in [1.82, 2.24) is 4.90 Å². The largest absolute Gasteiger partial charge is 0.444 e. The van der Waals surface area contributed by atoms with Gasteiger partial charge < -0.3 is 9.64 Å². The molecule has 1 atom stereocenters.